The van der Waals surface area contributed by atoms with Crippen LogP contribution >= 0.6 is 23.2 Å². The molecule has 2 heterocycles. The second-order valence-corrected chi connectivity index (χ2v) is 8.97. The zero-order valence-corrected chi connectivity index (χ0v) is 22.8. The summed E-state index contributed by atoms with van der Waals surface area (Å²) in [5.74, 6) is 0.695. The van der Waals surface area contributed by atoms with Crippen LogP contribution in [0.1, 0.15) is 27.7 Å². The number of aromatic nitrogens is 3. The van der Waals surface area contributed by atoms with E-state index in [9.17, 15) is 9.59 Å². The van der Waals surface area contributed by atoms with E-state index in [1.165, 1.54) is 4.57 Å². The highest BCUT2D eigenvalue weighted by molar-refractivity contribution is 6.39. The fraction of sp³-hybridized carbons (Fsp3) is 0.259. The van der Waals surface area contributed by atoms with Gasteiger partial charge < -0.3 is 15.4 Å². The van der Waals surface area contributed by atoms with Crippen LogP contribution in [0.25, 0.3) is 22.2 Å². The van der Waals surface area contributed by atoms with Crippen LogP contribution in [0.2, 0.25) is 10.0 Å². The minimum Gasteiger partial charge on any atom is -0.484 e. The zero-order valence-electron chi connectivity index (χ0n) is 21.3. The third-order valence-electron chi connectivity index (χ3n) is 5.11. The van der Waals surface area contributed by atoms with Crippen LogP contribution < -0.4 is 20.9 Å². The van der Waals surface area contributed by atoms with E-state index in [4.69, 9.17) is 27.9 Å². The Balaban J connectivity index is 0.00000186. The molecule has 0 fully saturated rings. The van der Waals surface area contributed by atoms with Crippen molar-refractivity contribution in [3.63, 3.8) is 0 Å². The molecule has 0 spiro atoms. The summed E-state index contributed by atoms with van der Waals surface area (Å²) in [6.07, 6.45) is 1.63. The van der Waals surface area contributed by atoms with Gasteiger partial charge >= 0.3 is 0 Å². The molecule has 2 aromatic heterocycles. The van der Waals surface area contributed by atoms with Crippen LogP contribution in [0, 0.1) is 0 Å². The summed E-state index contributed by atoms with van der Waals surface area (Å²) in [4.78, 5) is 33.7. The third-order valence-corrected chi connectivity index (χ3v) is 5.74. The Hall–Kier alpha value is -3.62. The second-order valence-electron chi connectivity index (χ2n) is 8.15. The molecule has 1 amide bonds. The summed E-state index contributed by atoms with van der Waals surface area (Å²) in [6.45, 7) is 7.71. The van der Waals surface area contributed by atoms with E-state index >= 15 is 0 Å². The van der Waals surface area contributed by atoms with Crippen LogP contribution in [0.3, 0.4) is 0 Å². The Morgan fingerprint density at radius 3 is 2.35 bits per heavy atom. The van der Waals surface area contributed by atoms with Crippen molar-refractivity contribution in [2.24, 2.45) is 7.05 Å². The third kappa shape index (κ3) is 6.78. The molecule has 0 radical (unpaired) electrons. The lowest BCUT2D eigenvalue weighted by Gasteiger charge is -2.12. The van der Waals surface area contributed by atoms with Crippen LogP contribution in [0.4, 0.5) is 11.6 Å². The number of halogens is 2. The van der Waals surface area contributed by atoms with Gasteiger partial charge in [0.2, 0.25) is 5.95 Å². The number of hydrogen-bond acceptors (Lipinski definition) is 6. The van der Waals surface area contributed by atoms with Crippen molar-refractivity contribution >= 4 is 51.8 Å². The number of carbonyl (C=O) groups is 1. The maximum atomic E-state index is 13.1. The standard InChI is InChI=1S/C25H23Cl2N5O3.C2H6/c1-14(2)29-21(33)13-35-17-9-7-16(8-10-17)30-25-28-12-15-11-18(24(34)32(3)23(15)31-25)22-19(26)5-4-6-20(22)27;1-2/h4-12,14H,13H2,1-3H3,(H,29,33)(H,28,30,31);1-2H3. The number of fused-ring (bicyclic) bond motifs is 1. The first-order valence-corrected chi connectivity index (χ1v) is 12.6. The SMILES string of the molecule is CC.CC(C)NC(=O)COc1ccc(Nc2ncc3cc(-c4c(Cl)cccc4Cl)c(=O)n(C)c3n2)cc1. The van der Waals surface area contributed by atoms with Gasteiger partial charge in [0.25, 0.3) is 11.5 Å². The van der Waals surface area contributed by atoms with Crippen LogP contribution in [-0.2, 0) is 11.8 Å². The van der Waals surface area contributed by atoms with Crippen LogP contribution in [0.15, 0.2) is 59.5 Å². The van der Waals surface area contributed by atoms with Crippen molar-refractivity contribution in [1.82, 2.24) is 19.9 Å². The van der Waals surface area contributed by atoms with Crippen LogP contribution in [0.5, 0.6) is 5.75 Å². The first-order chi connectivity index (χ1) is 17.7. The van der Waals surface area contributed by atoms with Gasteiger partial charge in [0, 0.05) is 35.9 Å². The molecule has 4 rings (SSSR count). The number of nitrogens with one attached hydrogen (secondary N) is 2. The summed E-state index contributed by atoms with van der Waals surface area (Å²) >= 11 is 12.6. The maximum Gasteiger partial charge on any atom is 0.259 e. The first kappa shape index (κ1) is 28.0. The summed E-state index contributed by atoms with van der Waals surface area (Å²) in [7, 11) is 1.64. The fourth-order valence-electron chi connectivity index (χ4n) is 3.52. The number of amides is 1. The van der Waals surface area contributed by atoms with Crippen molar-refractivity contribution in [3.8, 4) is 16.9 Å². The number of ether oxygens (including phenoxy) is 1. The number of anilines is 2. The molecule has 2 aromatic carbocycles. The molecular weight excluding hydrogens is 513 g/mol. The van der Waals surface area contributed by atoms with Gasteiger partial charge in [-0.2, -0.15) is 4.98 Å². The number of pyridine rings is 1. The van der Waals surface area contributed by atoms with Gasteiger partial charge in [-0.25, -0.2) is 4.98 Å². The van der Waals surface area contributed by atoms with Gasteiger partial charge in [0.1, 0.15) is 11.4 Å². The molecule has 0 bridgehead atoms. The summed E-state index contributed by atoms with van der Waals surface area (Å²) in [5.41, 5.74) is 1.74. The molecule has 2 N–H and O–H groups in total. The molecule has 4 aromatic rings. The number of aryl methyl sites for hydroxylation is 1. The van der Waals surface area contributed by atoms with Gasteiger partial charge in [0.05, 0.1) is 15.6 Å². The fourth-order valence-corrected chi connectivity index (χ4v) is 4.12. The Morgan fingerprint density at radius 2 is 1.73 bits per heavy atom. The van der Waals surface area contributed by atoms with E-state index in [2.05, 4.69) is 20.6 Å². The Bertz CT molecular complexity index is 1430. The molecule has 194 valence electrons. The molecule has 0 aliphatic heterocycles. The molecule has 0 saturated heterocycles. The normalized spacial score (nSPS) is 10.6. The van der Waals surface area contributed by atoms with Gasteiger partial charge in [-0.05, 0) is 56.3 Å². The molecule has 0 aliphatic carbocycles. The van der Waals surface area contributed by atoms with Crippen molar-refractivity contribution in [1.29, 1.82) is 0 Å². The number of benzene rings is 2. The minimum absolute atomic E-state index is 0.0552. The summed E-state index contributed by atoms with van der Waals surface area (Å²) < 4.78 is 6.94. The first-order valence-electron chi connectivity index (χ1n) is 11.8. The minimum atomic E-state index is -0.278. The quantitative estimate of drug-likeness (QED) is 0.298. The number of rotatable bonds is 7. The van der Waals surface area contributed by atoms with E-state index in [0.717, 1.165) is 0 Å². The predicted molar refractivity (Wildman–Crippen MR) is 150 cm³/mol. The summed E-state index contributed by atoms with van der Waals surface area (Å²) in [5, 5.41) is 7.32. The molecule has 8 nitrogen and oxygen atoms in total. The largest absolute Gasteiger partial charge is 0.484 e. The average Bonchev–Trinajstić information content (AvgIpc) is 2.87. The lowest BCUT2D eigenvalue weighted by atomic mass is 10.1. The lowest BCUT2D eigenvalue weighted by molar-refractivity contribution is -0.123. The molecule has 10 heteroatoms. The Labute approximate surface area is 225 Å². The molecule has 37 heavy (non-hydrogen) atoms. The average molecular weight is 542 g/mol. The second kappa shape index (κ2) is 12.6. The molecule has 0 atom stereocenters. The lowest BCUT2D eigenvalue weighted by Crippen LogP contribution is -2.34. The van der Waals surface area contributed by atoms with Gasteiger partial charge in [-0.15, -0.1) is 0 Å². The van der Waals surface area contributed by atoms with Crippen molar-refractivity contribution < 1.29 is 9.53 Å². The molecule has 0 saturated carbocycles. The van der Waals surface area contributed by atoms with E-state index in [0.29, 0.717) is 49.6 Å². The van der Waals surface area contributed by atoms with Gasteiger partial charge in [-0.1, -0.05) is 43.1 Å². The molecular formula is C27H29Cl2N5O3. The van der Waals surface area contributed by atoms with Gasteiger partial charge in [-0.3, -0.25) is 14.2 Å². The number of hydrogen-bond donors (Lipinski definition) is 2. The monoisotopic (exact) mass is 541 g/mol. The van der Waals surface area contributed by atoms with Gasteiger partial charge in [0.15, 0.2) is 6.61 Å². The highest BCUT2D eigenvalue weighted by atomic mass is 35.5. The Morgan fingerprint density at radius 1 is 1.08 bits per heavy atom. The smallest absolute Gasteiger partial charge is 0.259 e. The zero-order chi connectivity index (χ0) is 27.1. The van der Waals surface area contributed by atoms with E-state index in [-0.39, 0.29) is 24.1 Å². The van der Waals surface area contributed by atoms with Crippen molar-refractivity contribution in [2.45, 2.75) is 33.7 Å². The number of carbonyl (C=O) groups excluding carboxylic acids is 1. The topological polar surface area (TPSA) is 98.1 Å². The predicted octanol–water partition coefficient (Wildman–Crippen LogP) is 5.98. The van der Waals surface area contributed by atoms with E-state index in [1.807, 2.05) is 27.7 Å². The Kier molecular flexibility index (Phi) is 9.49. The summed E-state index contributed by atoms with van der Waals surface area (Å²) in [6, 6.07) is 13.9. The molecule has 0 aliphatic rings. The highest BCUT2D eigenvalue weighted by Crippen LogP contribution is 2.33. The van der Waals surface area contributed by atoms with Crippen LogP contribution in [-0.4, -0.2) is 33.1 Å². The number of nitrogens with zero attached hydrogens (tertiary/aromatic N) is 3. The van der Waals surface area contributed by atoms with E-state index < -0.39 is 0 Å². The molecule has 0 unspecified atom stereocenters. The van der Waals surface area contributed by atoms with Crippen molar-refractivity contribution in [2.75, 3.05) is 11.9 Å². The van der Waals surface area contributed by atoms with E-state index in [1.54, 1.807) is 61.8 Å². The maximum absolute atomic E-state index is 13.1. The van der Waals surface area contributed by atoms with Crippen molar-refractivity contribution in [3.05, 3.63) is 75.1 Å². The highest BCUT2D eigenvalue weighted by Gasteiger charge is 2.16.